The van der Waals surface area contributed by atoms with Crippen molar-refractivity contribution in [3.8, 4) is 11.6 Å². The Labute approximate surface area is 146 Å². The molecule has 3 rings (SSSR count). The van der Waals surface area contributed by atoms with Crippen molar-refractivity contribution in [2.45, 2.75) is 39.5 Å². The van der Waals surface area contributed by atoms with Crippen LogP contribution in [0.3, 0.4) is 0 Å². The van der Waals surface area contributed by atoms with E-state index in [1.54, 1.807) is 6.20 Å². The molecular weight excluding hydrogens is 316 g/mol. The lowest BCUT2D eigenvalue weighted by atomic mass is 9.91. The predicted octanol–water partition coefficient (Wildman–Crippen LogP) is 4.58. The van der Waals surface area contributed by atoms with Gasteiger partial charge in [-0.05, 0) is 18.6 Å². The Hall–Kier alpha value is -2.96. The van der Waals surface area contributed by atoms with Crippen molar-refractivity contribution in [3.63, 3.8) is 0 Å². The van der Waals surface area contributed by atoms with Gasteiger partial charge >= 0.3 is 0 Å². The lowest BCUT2D eigenvalue weighted by molar-refractivity contribution is 0.434. The maximum Gasteiger partial charge on any atom is 0.243 e. The van der Waals surface area contributed by atoms with Crippen LogP contribution in [0.1, 0.15) is 39.0 Å². The van der Waals surface area contributed by atoms with Gasteiger partial charge in [-0.2, -0.15) is 14.9 Å². The highest BCUT2D eigenvalue weighted by atomic mass is 16.3. The van der Waals surface area contributed by atoms with Crippen molar-refractivity contribution >= 4 is 11.5 Å². The Morgan fingerprint density at radius 1 is 1.16 bits per heavy atom. The number of rotatable bonds is 4. The summed E-state index contributed by atoms with van der Waals surface area (Å²) in [5.41, 5.74) is 2.48. The lowest BCUT2D eigenvalue weighted by Gasteiger charge is -2.15. The number of para-hydroxylation sites is 1. The molecule has 0 spiro atoms. The molecule has 130 valence electrons. The van der Waals surface area contributed by atoms with Crippen LogP contribution in [-0.4, -0.2) is 25.1 Å². The molecule has 0 unspecified atom stereocenters. The number of aromatic amines is 1. The van der Waals surface area contributed by atoms with Crippen LogP contribution >= 0.6 is 0 Å². The molecule has 0 aliphatic heterocycles. The van der Waals surface area contributed by atoms with Crippen LogP contribution in [-0.2, 0) is 11.8 Å². The second-order valence-electron chi connectivity index (χ2n) is 6.82. The van der Waals surface area contributed by atoms with Crippen LogP contribution in [0.25, 0.3) is 5.69 Å². The molecule has 0 bridgehead atoms. The topological polar surface area (TPSA) is 91.5 Å². The van der Waals surface area contributed by atoms with Gasteiger partial charge in [0.05, 0.1) is 17.6 Å². The maximum atomic E-state index is 10.7. The van der Waals surface area contributed by atoms with Crippen molar-refractivity contribution < 1.29 is 5.11 Å². The van der Waals surface area contributed by atoms with Gasteiger partial charge in [-0.3, -0.25) is 5.10 Å². The highest BCUT2D eigenvalue weighted by molar-refractivity contribution is 5.57. The van der Waals surface area contributed by atoms with Gasteiger partial charge in [0.2, 0.25) is 5.88 Å². The van der Waals surface area contributed by atoms with Crippen LogP contribution in [0, 0.1) is 0 Å². The maximum absolute atomic E-state index is 10.7. The molecule has 0 aliphatic rings. The van der Waals surface area contributed by atoms with E-state index in [9.17, 15) is 5.11 Å². The summed E-state index contributed by atoms with van der Waals surface area (Å²) < 4.78 is 1.49. The zero-order chi connectivity index (χ0) is 18.0. The Balaban J connectivity index is 2.10. The van der Waals surface area contributed by atoms with Crippen molar-refractivity contribution in [3.05, 3.63) is 47.8 Å². The number of aromatic hydroxyl groups is 1. The van der Waals surface area contributed by atoms with E-state index in [-0.39, 0.29) is 11.3 Å². The van der Waals surface area contributed by atoms with Crippen molar-refractivity contribution in [2.75, 3.05) is 0 Å². The summed E-state index contributed by atoms with van der Waals surface area (Å²) in [5, 5.41) is 30.6. The van der Waals surface area contributed by atoms with Crippen LogP contribution in [0.4, 0.5) is 11.5 Å². The molecule has 0 atom stereocenters. The fourth-order valence-electron chi connectivity index (χ4n) is 2.50. The molecule has 7 heteroatoms. The first-order valence-corrected chi connectivity index (χ1v) is 8.23. The number of nitrogens with zero attached hydrogens (tertiary/aromatic N) is 5. The fourth-order valence-corrected chi connectivity index (χ4v) is 2.50. The van der Waals surface area contributed by atoms with Crippen LogP contribution in [0.2, 0.25) is 0 Å². The third-order valence-corrected chi connectivity index (χ3v) is 3.87. The van der Waals surface area contributed by atoms with E-state index >= 15 is 0 Å². The summed E-state index contributed by atoms with van der Waals surface area (Å²) in [7, 11) is 0. The van der Waals surface area contributed by atoms with E-state index in [2.05, 4.69) is 25.5 Å². The van der Waals surface area contributed by atoms with Gasteiger partial charge in [-0.1, -0.05) is 45.9 Å². The third-order valence-electron chi connectivity index (χ3n) is 3.87. The number of azo groups is 1. The third kappa shape index (κ3) is 3.31. The van der Waals surface area contributed by atoms with E-state index in [0.29, 0.717) is 17.2 Å². The molecular formula is C18H22N6O. The number of hydrogen-bond acceptors (Lipinski definition) is 5. The van der Waals surface area contributed by atoms with Crippen LogP contribution in [0.15, 0.2) is 46.8 Å². The Bertz CT molecular complexity index is 886. The number of hydrogen-bond donors (Lipinski definition) is 2. The van der Waals surface area contributed by atoms with Gasteiger partial charge < -0.3 is 5.11 Å². The quantitative estimate of drug-likeness (QED) is 0.682. The second kappa shape index (κ2) is 6.51. The molecule has 0 radical (unpaired) electrons. The predicted molar refractivity (Wildman–Crippen MR) is 96.1 cm³/mol. The largest absolute Gasteiger partial charge is 0.492 e. The number of aryl methyl sites for hydroxylation is 1. The summed E-state index contributed by atoms with van der Waals surface area (Å²) in [6.07, 6.45) is 2.53. The summed E-state index contributed by atoms with van der Waals surface area (Å²) >= 11 is 0. The van der Waals surface area contributed by atoms with Gasteiger partial charge in [-0.15, -0.1) is 10.2 Å². The first kappa shape index (κ1) is 16.9. The zero-order valence-electron chi connectivity index (χ0n) is 14.9. The summed E-state index contributed by atoms with van der Waals surface area (Å²) in [4.78, 5) is 0. The molecule has 0 aliphatic carbocycles. The average molecular weight is 338 g/mol. The molecule has 0 amide bonds. The first-order valence-electron chi connectivity index (χ1n) is 8.23. The summed E-state index contributed by atoms with van der Waals surface area (Å²) in [5.74, 6) is 0.562. The van der Waals surface area contributed by atoms with E-state index in [4.69, 9.17) is 0 Å². The van der Waals surface area contributed by atoms with E-state index in [1.807, 2.05) is 58.0 Å². The van der Waals surface area contributed by atoms with Crippen molar-refractivity contribution in [1.29, 1.82) is 0 Å². The number of aromatic nitrogens is 4. The normalized spacial score (nSPS) is 12.2. The van der Waals surface area contributed by atoms with Gasteiger partial charge in [0.25, 0.3) is 0 Å². The zero-order valence-corrected chi connectivity index (χ0v) is 14.9. The highest BCUT2D eigenvalue weighted by Crippen LogP contribution is 2.40. The van der Waals surface area contributed by atoms with Gasteiger partial charge in [-0.25, -0.2) is 0 Å². The first-order chi connectivity index (χ1) is 11.9. The van der Waals surface area contributed by atoms with Gasteiger partial charge in [0.15, 0.2) is 11.5 Å². The lowest BCUT2D eigenvalue weighted by Crippen LogP contribution is -2.13. The SMILES string of the molecule is CCc1cn[nH]c1/N=N/c1c(C(C)(C)C)nn(-c2ccccc2)c1O. The van der Waals surface area contributed by atoms with E-state index in [0.717, 1.165) is 17.7 Å². The fraction of sp³-hybridized carbons (Fsp3) is 0.333. The van der Waals surface area contributed by atoms with Gasteiger partial charge in [0.1, 0.15) is 0 Å². The van der Waals surface area contributed by atoms with Gasteiger partial charge in [0, 0.05) is 11.0 Å². The van der Waals surface area contributed by atoms with Crippen molar-refractivity contribution in [1.82, 2.24) is 20.0 Å². The summed E-state index contributed by atoms with van der Waals surface area (Å²) in [6, 6.07) is 9.47. The number of nitrogens with one attached hydrogen (secondary N) is 1. The molecule has 0 fully saturated rings. The molecule has 25 heavy (non-hydrogen) atoms. The summed E-state index contributed by atoms with van der Waals surface area (Å²) in [6.45, 7) is 8.10. The Morgan fingerprint density at radius 2 is 1.88 bits per heavy atom. The molecule has 0 saturated carbocycles. The highest BCUT2D eigenvalue weighted by Gasteiger charge is 2.27. The molecule has 1 aromatic carbocycles. The second-order valence-corrected chi connectivity index (χ2v) is 6.82. The molecule has 7 nitrogen and oxygen atoms in total. The van der Waals surface area contributed by atoms with Crippen LogP contribution in [0.5, 0.6) is 5.88 Å². The number of H-pyrrole nitrogens is 1. The minimum Gasteiger partial charge on any atom is -0.492 e. The molecule has 2 N–H and O–H groups in total. The van der Waals surface area contributed by atoms with E-state index < -0.39 is 0 Å². The molecule has 3 aromatic rings. The standard InChI is InChI=1S/C18H22N6O/c1-5-12-11-19-21-16(12)22-20-14-15(18(2,3)4)23-24(17(14)25)13-9-7-6-8-10-13/h6-11,25H,5H2,1-4H3,(H,19,21)/b22-20+. The van der Waals surface area contributed by atoms with Crippen LogP contribution < -0.4 is 0 Å². The number of benzene rings is 1. The monoisotopic (exact) mass is 338 g/mol. The smallest absolute Gasteiger partial charge is 0.243 e. The average Bonchev–Trinajstić information content (AvgIpc) is 3.17. The Morgan fingerprint density at radius 3 is 2.52 bits per heavy atom. The van der Waals surface area contributed by atoms with E-state index in [1.165, 1.54) is 4.68 Å². The minimum absolute atomic E-state index is 0.0301. The minimum atomic E-state index is -0.298. The Kier molecular flexibility index (Phi) is 4.39. The molecule has 0 saturated heterocycles. The molecule has 2 aromatic heterocycles. The van der Waals surface area contributed by atoms with Crippen molar-refractivity contribution in [2.24, 2.45) is 10.2 Å². The molecule has 2 heterocycles.